The number of nitriles is 1. The Morgan fingerprint density at radius 1 is 0.729 bits per heavy atom. The first-order chi connectivity index (χ1) is 23.4. The number of benzene rings is 3. The number of esters is 2. The third-order valence-corrected chi connectivity index (χ3v) is 8.22. The Bertz CT molecular complexity index is 1400. The molecule has 0 spiro atoms. The van der Waals surface area contributed by atoms with Gasteiger partial charge in [-0.15, -0.1) is 0 Å². The summed E-state index contributed by atoms with van der Waals surface area (Å²) in [4.78, 5) is 24.5. The minimum Gasteiger partial charge on any atom is -0.497 e. The summed E-state index contributed by atoms with van der Waals surface area (Å²) in [5, 5.41) is 9.74. The molecule has 3 aromatic rings. The van der Waals surface area contributed by atoms with Crippen molar-refractivity contribution in [3.05, 3.63) is 113 Å². The van der Waals surface area contributed by atoms with Crippen molar-refractivity contribution < 1.29 is 23.8 Å². The van der Waals surface area contributed by atoms with Crippen LogP contribution in [0.25, 0.3) is 11.6 Å². The van der Waals surface area contributed by atoms with E-state index in [1.165, 1.54) is 18.9 Å². The lowest BCUT2D eigenvalue weighted by atomic mass is 9.93. The normalized spacial score (nSPS) is 11.8. The number of hydrogen-bond acceptors (Lipinski definition) is 6. The van der Waals surface area contributed by atoms with E-state index in [-0.39, 0.29) is 11.5 Å². The van der Waals surface area contributed by atoms with Crippen LogP contribution in [0.15, 0.2) is 96.6 Å². The number of carbonyl (C=O) groups excluding carboxylic acids is 2. The van der Waals surface area contributed by atoms with Crippen LogP contribution in [0.5, 0.6) is 5.75 Å². The molecule has 6 heteroatoms. The van der Waals surface area contributed by atoms with Crippen molar-refractivity contribution in [1.82, 2.24) is 0 Å². The summed E-state index contributed by atoms with van der Waals surface area (Å²) in [5.41, 5.74) is 3.28. The molecule has 0 aliphatic carbocycles. The molecular formula is C42H53NO5. The van der Waals surface area contributed by atoms with Crippen molar-refractivity contribution in [2.45, 2.75) is 79.1 Å². The number of unbranched alkanes of at least 4 members (excludes halogenated alkanes) is 2. The molecular weight excluding hydrogens is 598 g/mol. The summed E-state index contributed by atoms with van der Waals surface area (Å²) < 4.78 is 15.9. The van der Waals surface area contributed by atoms with Crippen LogP contribution in [-0.4, -0.2) is 32.3 Å². The Morgan fingerprint density at radius 3 is 1.67 bits per heavy atom. The fraction of sp³-hybridized carbons (Fsp3) is 0.405. The highest BCUT2D eigenvalue weighted by Gasteiger charge is 2.21. The molecule has 0 radical (unpaired) electrons. The minimum atomic E-state index is -0.546. The summed E-state index contributed by atoms with van der Waals surface area (Å²) >= 11 is 0. The van der Waals surface area contributed by atoms with E-state index in [1.807, 2.05) is 84.9 Å². The number of nitrogens with zero attached hydrogens (tertiary/aromatic N) is 1. The van der Waals surface area contributed by atoms with Gasteiger partial charge >= 0.3 is 11.9 Å². The molecule has 0 aliphatic heterocycles. The number of ether oxygens (including phenoxy) is 3. The fourth-order valence-corrected chi connectivity index (χ4v) is 5.06. The molecule has 2 unspecified atom stereocenters. The molecule has 0 saturated heterocycles. The maximum absolute atomic E-state index is 12.8. The average Bonchev–Trinajstić information content (AvgIpc) is 3.14. The molecule has 0 N–H and O–H groups in total. The molecule has 0 fully saturated rings. The van der Waals surface area contributed by atoms with Gasteiger partial charge in [0.25, 0.3) is 0 Å². The summed E-state index contributed by atoms with van der Waals surface area (Å²) in [5.74, 6) is 0.793. The van der Waals surface area contributed by atoms with Gasteiger partial charge in [-0.2, -0.15) is 5.26 Å². The Balaban J connectivity index is 0.000000345. The smallest absolute Gasteiger partial charge is 0.349 e. The SMILES string of the molecule is CCCCC(CC)COC(=O)/C=C/c1ccc(OC)cc1.CCCCC(CC)COC(=O)C(C#N)=C(c1ccccc1)c1ccccc1. The van der Waals surface area contributed by atoms with Crippen LogP contribution in [0.3, 0.4) is 0 Å². The lowest BCUT2D eigenvalue weighted by Gasteiger charge is -2.16. The average molecular weight is 652 g/mol. The second-order valence-corrected chi connectivity index (χ2v) is 11.8. The van der Waals surface area contributed by atoms with Gasteiger partial charge < -0.3 is 14.2 Å². The highest BCUT2D eigenvalue weighted by atomic mass is 16.5. The van der Waals surface area contributed by atoms with Crippen molar-refractivity contribution in [1.29, 1.82) is 5.26 Å². The molecule has 0 aliphatic rings. The Kier molecular flexibility index (Phi) is 19.5. The number of methoxy groups -OCH3 is 1. The maximum atomic E-state index is 12.8. The van der Waals surface area contributed by atoms with Gasteiger partial charge in [-0.1, -0.05) is 139 Å². The second-order valence-electron chi connectivity index (χ2n) is 11.8. The van der Waals surface area contributed by atoms with Gasteiger partial charge in [0.15, 0.2) is 0 Å². The van der Waals surface area contributed by atoms with Crippen molar-refractivity contribution in [3.63, 3.8) is 0 Å². The van der Waals surface area contributed by atoms with Gasteiger partial charge in [0.05, 0.1) is 20.3 Å². The van der Waals surface area contributed by atoms with Crippen molar-refractivity contribution in [3.8, 4) is 11.8 Å². The number of carbonyl (C=O) groups is 2. The molecule has 0 amide bonds. The van der Waals surface area contributed by atoms with Crippen molar-refractivity contribution in [2.24, 2.45) is 11.8 Å². The van der Waals surface area contributed by atoms with E-state index in [4.69, 9.17) is 14.2 Å². The monoisotopic (exact) mass is 651 g/mol. The van der Waals surface area contributed by atoms with Gasteiger partial charge in [0.2, 0.25) is 0 Å². The molecule has 0 heterocycles. The van der Waals surface area contributed by atoms with Crippen LogP contribution in [0.2, 0.25) is 0 Å². The first kappa shape index (κ1) is 39.5. The number of rotatable bonds is 18. The van der Waals surface area contributed by atoms with Gasteiger partial charge in [-0.3, -0.25) is 0 Å². The van der Waals surface area contributed by atoms with Crippen molar-refractivity contribution in [2.75, 3.05) is 20.3 Å². The van der Waals surface area contributed by atoms with E-state index in [0.29, 0.717) is 30.6 Å². The van der Waals surface area contributed by atoms with Gasteiger partial charge in [-0.25, -0.2) is 9.59 Å². The molecule has 0 saturated carbocycles. The lowest BCUT2D eigenvalue weighted by Crippen LogP contribution is -2.16. The summed E-state index contributed by atoms with van der Waals surface area (Å²) in [7, 11) is 1.63. The predicted octanol–water partition coefficient (Wildman–Crippen LogP) is 10.2. The standard InChI is InChI=1S/C24H27NO2.C18H26O3/c1-3-5-12-19(4-2)18-27-24(26)22(17-25)23(20-13-8-6-9-14-20)21-15-10-7-11-16-21;1-4-6-7-15(5-2)14-21-18(19)13-10-16-8-11-17(20-3)12-9-16/h6-11,13-16,19H,3-5,12,18H2,1-2H3;8-13,15H,4-7,14H2,1-3H3/b;13-10+. The summed E-state index contributed by atoms with van der Waals surface area (Å²) in [6, 6.07) is 28.7. The predicted molar refractivity (Wildman–Crippen MR) is 195 cm³/mol. The van der Waals surface area contributed by atoms with Gasteiger partial charge in [0.1, 0.15) is 17.4 Å². The Hall–Kier alpha value is -4.63. The largest absolute Gasteiger partial charge is 0.497 e. The third kappa shape index (κ3) is 14.4. The first-order valence-corrected chi connectivity index (χ1v) is 17.3. The highest BCUT2D eigenvalue weighted by Crippen LogP contribution is 2.28. The van der Waals surface area contributed by atoms with Crippen LogP contribution >= 0.6 is 0 Å². The maximum Gasteiger partial charge on any atom is 0.349 e. The Labute approximate surface area is 288 Å². The van der Waals surface area contributed by atoms with Crippen molar-refractivity contribution >= 4 is 23.6 Å². The summed E-state index contributed by atoms with van der Waals surface area (Å²) in [6.07, 6.45) is 12.0. The molecule has 2 atom stereocenters. The molecule has 48 heavy (non-hydrogen) atoms. The molecule has 6 nitrogen and oxygen atoms in total. The molecule has 0 bridgehead atoms. The van der Waals surface area contributed by atoms with Gasteiger partial charge in [0, 0.05) is 11.6 Å². The van der Waals surface area contributed by atoms with E-state index >= 15 is 0 Å². The molecule has 3 aromatic carbocycles. The van der Waals surface area contributed by atoms with Crippen LogP contribution in [0.4, 0.5) is 0 Å². The lowest BCUT2D eigenvalue weighted by molar-refractivity contribution is -0.140. The zero-order valence-corrected chi connectivity index (χ0v) is 29.5. The van der Waals surface area contributed by atoms with Crippen LogP contribution < -0.4 is 4.74 Å². The first-order valence-electron chi connectivity index (χ1n) is 17.3. The fourth-order valence-electron chi connectivity index (χ4n) is 5.06. The van der Waals surface area contributed by atoms with Crippen LogP contribution in [0, 0.1) is 23.2 Å². The zero-order chi connectivity index (χ0) is 35.0. The van der Waals surface area contributed by atoms with E-state index in [2.05, 4.69) is 33.8 Å². The van der Waals surface area contributed by atoms with E-state index < -0.39 is 5.97 Å². The van der Waals surface area contributed by atoms with Crippen LogP contribution in [-0.2, 0) is 19.1 Å². The highest BCUT2D eigenvalue weighted by molar-refractivity contribution is 6.05. The number of hydrogen-bond donors (Lipinski definition) is 0. The summed E-state index contributed by atoms with van der Waals surface area (Å²) in [6.45, 7) is 9.45. The quantitative estimate of drug-likeness (QED) is 0.0773. The second kappa shape index (κ2) is 23.7. The third-order valence-electron chi connectivity index (χ3n) is 8.22. The molecule has 0 aromatic heterocycles. The zero-order valence-electron chi connectivity index (χ0n) is 29.5. The van der Waals surface area contributed by atoms with E-state index in [1.54, 1.807) is 13.2 Å². The topological polar surface area (TPSA) is 85.6 Å². The molecule has 3 rings (SSSR count). The minimum absolute atomic E-state index is 0.0535. The molecule has 256 valence electrons. The Morgan fingerprint density at radius 2 is 1.23 bits per heavy atom. The van der Waals surface area contributed by atoms with E-state index in [9.17, 15) is 14.9 Å². The van der Waals surface area contributed by atoms with Gasteiger partial charge in [-0.05, 0) is 59.6 Å². The van der Waals surface area contributed by atoms with E-state index in [0.717, 1.165) is 61.0 Å². The van der Waals surface area contributed by atoms with Crippen LogP contribution in [0.1, 0.15) is 95.8 Å².